The van der Waals surface area contributed by atoms with Gasteiger partial charge >= 0.3 is 6.18 Å². The Morgan fingerprint density at radius 2 is 1.76 bits per heavy atom. The van der Waals surface area contributed by atoms with Crippen LogP contribution in [0.4, 0.5) is 13.2 Å². The standard InChI is InChI=1S/C20H30F3N5O/c1-5-24-19(28-12-10-27(11-13-28)15(2)20(21,22)23)25-14-16-6-8-17(9-7-16)18(29)26(3)4/h6-9,15H,5,10-14H2,1-4H3,(H,24,25). The van der Waals surface area contributed by atoms with Crippen molar-refractivity contribution >= 4 is 11.9 Å². The number of hydrogen-bond acceptors (Lipinski definition) is 3. The molecule has 0 bridgehead atoms. The molecule has 1 aliphatic heterocycles. The Kier molecular flexibility index (Phi) is 7.89. The quantitative estimate of drug-likeness (QED) is 0.595. The number of benzene rings is 1. The highest BCUT2D eigenvalue weighted by Crippen LogP contribution is 2.25. The first-order chi connectivity index (χ1) is 13.6. The van der Waals surface area contributed by atoms with E-state index in [1.807, 2.05) is 24.0 Å². The minimum Gasteiger partial charge on any atom is -0.357 e. The summed E-state index contributed by atoms with van der Waals surface area (Å²) < 4.78 is 38.8. The van der Waals surface area contributed by atoms with E-state index >= 15 is 0 Å². The zero-order valence-corrected chi connectivity index (χ0v) is 17.5. The van der Waals surface area contributed by atoms with E-state index in [1.165, 1.54) is 16.7 Å². The van der Waals surface area contributed by atoms with Crippen molar-refractivity contribution in [1.82, 2.24) is 20.0 Å². The molecule has 1 heterocycles. The molecule has 1 amide bonds. The van der Waals surface area contributed by atoms with Gasteiger partial charge in [-0.25, -0.2) is 4.99 Å². The van der Waals surface area contributed by atoms with Gasteiger partial charge in [0.15, 0.2) is 5.96 Å². The zero-order chi connectivity index (χ0) is 21.6. The molecule has 0 saturated carbocycles. The average molecular weight is 413 g/mol. The third-order valence-electron chi connectivity index (χ3n) is 4.99. The molecule has 1 saturated heterocycles. The second-order valence-corrected chi connectivity index (χ2v) is 7.31. The first kappa shape index (κ1) is 23.0. The number of amides is 1. The van der Waals surface area contributed by atoms with Gasteiger partial charge in [0.1, 0.15) is 6.04 Å². The van der Waals surface area contributed by atoms with E-state index in [1.54, 1.807) is 26.2 Å². The van der Waals surface area contributed by atoms with E-state index in [0.717, 1.165) is 5.56 Å². The average Bonchev–Trinajstić information content (AvgIpc) is 2.69. The van der Waals surface area contributed by atoms with E-state index < -0.39 is 12.2 Å². The zero-order valence-electron chi connectivity index (χ0n) is 17.5. The van der Waals surface area contributed by atoms with E-state index in [2.05, 4.69) is 10.3 Å². The van der Waals surface area contributed by atoms with Crippen molar-refractivity contribution in [1.29, 1.82) is 0 Å². The summed E-state index contributed by atoms with van der Waals surface area (Å²) in [4.78, 5) is 21.6. The second kappa shape index (κ2) is 9.96. The monoisotopic (exact) mass is 413 g/mol. The van der Waals surface area contributed by atoms with Gasteiger partial charge in [0.2, 0.25) is 0 Å². The van der Waals surface area contributed by atoms with Gasteiger partial charge in [0.05, 0.1) is 6.54 Å². The van der Waals surface area contributed by atoms with Crippen LogP contribution in [-0.2, 0) is 6.54 Å². The number of halogens is 3. The second-order valence-electron chi connectivity index (χ2n) is 7.31. The third-order valence-corrected chi connectivity index (χ3v) is 4.99. The predicted molar refractivity (Wildman–Crippen MR) is 108 cm³/mol. The van der Waals surface area contributed by atoms with Crippen molar-refractivity contribution in [2.45, 2.75) is 32.6 Å². The Balaban J connectivity index is 1.99. The van der Waals surface area contributed by atoms with Gasteiger partial charge in [-0.05, 0) is 31.5 Å². The van der Waals surface area contributed by atoms with Gasteiger partial charge < -0.3 is 15.1 Å². The number of carbonyl (C=O) groups excluding carboxylic acids is 1. The van der Waals surface area contributed by atoms with E-state index in [4.69, 9.17) is 0 Å². The summed E-state index contributed by atoms with van der Waals surface area (Å²) in [6.45, 7) is 5.93. The van der Waals surface area contributed by atoms with Crippen molar-refractivity contribution in [3.63, 3.8) is 0 Å². The third kappa shape index (κ3) is 6.35. The molecule has 0 radical (unpaired) electrons. The normalized spacial score (nSPS) is 17.2. The van der Waals surface area contributed by atoms with Crippen LogP contribution in [0.1, 0.15) is 29.8 Å². The Morgan fingerprint density at radius 3 is 2.24 bits per heavy atom. The molecule has 1 aliphatic rings. The van der Waals surface area contributed by atoms with Crippen molar-refractivity contribution in [2.24, 2.45) is 4.99 Å². The maximum absolute atomic E-state index is 12.9. The summed E-state index contributed by atoms with van der Waals surface area (Å²) >= 11 is 0. The molecule has 9 heteroatoms. The SMILES string of the molecule is CCNC(=NCc1ccc(C(=O)N(C)C)cc1)N1CCN(C(C)C(F)(F)F)CC1. The highest BCUT2D eigenvalue weighted by molar-refractivity contribution is 5.93. The van der Waals surface area contributed by atoms with Gasteiger partial charge in [0, 0.05) is 52.4 Å². The molecule has 0 spiro atoms. The molecule has 1 aromatic rings. The Morgan fingerprint density at radius 1 is 1.17 bits per heavy atom. The Bertz CT molecular complexity index is 695. The summed E-state index contributed by atoms with van der Waals surface area (Å²) in [5.41, 5.74) is 1.57. The molecule has 1 N–H and O–H groups in total. The highest BCUT2D eigenvalue weighted by Gasteiger charge is 2.41. The fourth-order valence-corrected chi connectivity index (χ4v) is 3.13. The lowest BCUT2D eigenvalue weighted by Gasteiger charge is -2.39. The van der Waals surface area contributed by atoms with Crippen LogP contribution < -0.4 is 5.32 Å². The number of rotatable bonds is 5. The highest BCUT2D eigenvalue weighted by atomic mass is 19.4. The maximum atomic E-state index is 12.9. The lowest BCUT2D eigenvalue weighted by atomic mass is 10.1. The van der Waals surface area contributed by atoms with Crippen LogP contribution in [0.3, 0.4) is 0 Å². The van der Waals surface area contributed by atoms with Crippen molar-refractivity contribution < 1.29 is 18.0 Å². The van der Waals surface area contributed by atoms with Gasteiger partial charge in [0.25, 0.3) is 5.91 Å². The van der Waals surface area contributed by atoms with Crippen LogP contribution in [0.5, 0.6) is 0 Å². The van der Waals surface area contributed by atoms with Gasteiger partial charge in [-0.15, -0.1) is 0 Å². The lowest BCUT2D eigenvalue weighted by molar-refractivity contribution is -0.181. The molecule has 1 atom stereocenters. The number of nitrogens with one attached hydrogen (secondary N) is 1. The number of guanidine groups is 1. The first-order valence-corrected chi connectivity index (χ1v) is 9.78. The number of carbonyl (C=O) groups is 1. The van der Waals surface area contributed by atoms with Gasteiger partial charge in [-0.1, -0.05) is 12.1 Å². The van der Waals surface area contributed by atoms with Gasteiger partial charge in [-0.3, -0.25) is 9.69 Å². The van der Waals surface area contributed by atoms with Crippen molar-refractivity contribution in [3.05, 3.63) is 35.4 Å². The van der Waals surface area contributed by atoms with Crippen LogP contribution in [0.2, 0.25) is 0 Å². The minimum atomic E-state index is -4.21. The predicted octanol–water partition coefficient (Wildman–Crippen LogP) is 2.42. The smallest absolute Gasteiger partial charge is 0.357 e. The number of alkyl halides is 3. The molecule has 0 aromatic heterocycles. The first-order valence-electron chi connectivity index (χ1n) is 9.78. The minimum absolute atomic E-state index is 0.0562. The topological polar surface area (TPSA) is 51.2 Å². The van der Waals surface area contributed by atoms with E-state index in [-0.39, 0.29) is 5.91 Å². The lowest BCUT2D eigenvalue weighted by Crippen LogP contribution is -2.56. The molecule has 0 aliphatic carbocycles. The molecule has 29 heavy (non-hydrogen) atoms. The molecule has 1 aromatic carbocycles. The Hall–Kier alpha value is -2.29. The largest absolute Gasteiger partial charge is 0.403 e. The molecule has 2 rings (SSSR count). The number of nitrogens with zero attached hydrogens (tertiary/aromatic N) is 4. The van der Waals surface area contributed by atoms with Crippen molar-refractivity contribution in [3.8, 4) is 0 Å². The van der Waals surface area contributed by atoms with Crippen molar-refractivity contribution in [2.75, 3.05) is 46.8 Å². The molecule has 162 valence electrons. The number of hydrogen-bond donors (Lipinski definition) is 1. The van der Waals surface area contributed by atoms with E-state index in [9.17, 15) is 18.0 Å². The van der Waals surface area contributed by atoms with Crippen LogP contribution in [0.25, 0.3) is 0 Å². The Labute approximate surface area is 170 Å². The van der Waals surface area contributed by atoms with E-state index in [0.29, 0.717) is 50.8 Å². The van der Waals surface area contributed by atoms with Crippen LogP contribution in [0, 0.1) is 0 Å². The number of aliphatic imine (C=N–C) groups is 1. The summed E-state index contributed by atoms with van der Waals surface area (Å²) in [7, 11) is 3.41. The molecular weight excluding hydrogens is 383 g/mol. The molecule has 1 unspecified atom stereocenters. The fraction of sp³-hybridized carbons (Fsp3) is 0.600. The number of piperazine rings is 1. The summed E-state index contributed by atoms with van der Waals surface area (Å²) in [6.07, 6.45) is -4.21. The van der Waals surface area contributed by atoms with Crippen LogP contribution >= 0.6 is 0 Å². The fourth-order valence-electron chi connectivity index (χ4n) is 3.13. The summed E-state index contributed by atoms with van der Waals surface area (Å²) in [6, 6.07) is 5.85. The molecule has 6 nitrogen and oxygen atoms in total. The van der Waals surface area contributed by atoms with Crippen LogP contribution in [-0.4, -0.2) is 85.6 Å². The van der Waals surface area contributed by atoms with Crippen LogP contribution in [0.15, 0.2) is 29.3 Å². The van der Waals surface area contributed by atoms with Gasteiger partial charge in [-0.2, -0.15) is 13.2 Å². The molecule has 1 fully saturated rings. The maximum Gasteiger partial charge on any atom is 0.403 e. The summed E-state index contributed by atoms with van der Waals surface area (Å²) in [5.74, 6) is 0.639. The molecular formula is C20H30F3N5O. The summed E-state index contributed by atoms with van der Waals surface area (Å²) in [5, 5.41) is 3.22.